The van der Waals surface area contributed by atoms with Gasteiger partial charge in [0.1, 0.15) is 5.75 Å². The van der Waals surface area contributed by atoms with Crippen molar-refractivity contribution in [1.29, 1.82) is 0 Å². The fourth-order valence-corrected chi connectivity index (χ4v) is 4.91. The lowest BCUT2D eigenvalue weighted by Crippen LogP contribution is -2.59. The average molecular weight is 280 g/mol. The normalized spacial score (nSPS) is 35.8. The third-order valence-electron chi connectivity index (χ3n) is 5.63. The highest BCUT2D eigenvalue weighted by atomic mass is 35.5. The number of benzene rings is 1. The highest BCUT2D eigenvalue weighted by molar-refractivity contribution is 5.85. The maximum Gasteiger partial charge on any atom is 0.115 e. The number of hydrogen-bond acceptors (Lipinski definition) is 2. The summed E-state index contributed by atoms with van der Waals surface area (Å²) in [5.41, 5.74) is 3.33. The van der Waals surface area contributed by atoms with E-state index in [-0.39, 0.29) is 12.4 Å². The summed E-state index contributed by atoms with van der Waals surface area (Å²) in [4.78, 5) is 0. The van der Waals surface area contributed by atoms with Gasteiger partial charge in [0.2, 0.25) is 0 Å². The predicted molar refractivity (Wildman–Crippen MR) is 79.1 cm³/mol. The van der Waals surface area contributed by atoms with E-state index in [9.17, 15) is 5.11 Å². The maximum absolute atomic E-state index is 9.86. The minimum absolute atomic E-state index is 0. The Hall–Kier alpha value is -0.730. The number of hydrogen-bond donors (Lipinski definition) is 2. The third kappa shape index (κ3) is 1.80. The first-order valence-corrected chi connectivity index (χ1v) is 7.35. The van der Waals surface area contributed by atoms with Crippen molar-refractivity contribution in [2.45, 2.75) is 50.0 Å². The summed E-state index contributed by atoms with van der Waals surface area (Å²) >= 11 is 0. The van der Waals surface area contributed by atoms with Crippen LogP contribution in [0.2, 0.25) is 0 Å². The number of fused-ring (bicyclic) bond motifs is 1. The number of phenolic OH excluding ortho intramolecular Hbond substituents is 1. The van der Waals surface area contributed by atoms with Gasteiger partial charge in [-0.05, 0) is 61.4 Å². The van der Waals surface area contributed by atoms with Gasteiger partial charge >= 0.3 is 0 Å². The first-order chi connectivity index (χ1) is 8.79. The summed E-state index contributed by atoms with van der Waals surface area (Å²) in [6.45, 7) is 1.15. The van der Waals surface area contributed by atoms with Crippen molar-refractivity contribution in [2.24, 2.45) is 5.92 Å². The van der Waals surface area contributed by atoms with Crippen LogP contribution in [0.25, 0.3) is 0 Å². The van der Waals surface area contributed by atoms with Gasteiger partial charge in [-0.2, -0.15) is 0 Å². The van der Waals surface area contributed by atoms with Gasteiger partial charge in [-0.3, -0.25) is 0 Å². The molecule has 2 nitrogen and oxygen atoms in total. The van der Waals surface area contributed by atoms with Crippen LogP contribution in [0.3, 0.4) is 0 Å². The predicted octanol–water partition coefficient (Wildman–Crippen LogP) is 3.16. The lowest BCUT2D eigenvalue weighted by molar-refractivity contribution is 0.0795. The molecule has 2 fully saturated rings. The Balaban J connectivity index is 0.00000110. The molecule has 1 saturated heterocycles. The van der Waals surface area contributed by atoms with Gasteiger partial charge in [0, 0.05) is 11.5 Å². The molecule has 3 heteroatoms. The molecular formula is C16H22ClNO. The van der Waals surface area contributed by atoms with E-state index in [0.717, 1.165) is 18.9 Å². The fraction of sp³-hybridized carbons (Fsp3) is 0.625. The smallest absolute Gasteiger partial charge is 0.115 e. The molecule has 1 aliphatic heterocycles. The first-order valence-electron chi connectivity index (χ1n) is 7.35. The Labute approximate surface area is 121 Å². The fourth-order valence-electron chi connectivity index (χ4n) is 4.91. The Morgan fingerprint density at radius 2 is 2.11 bits per heavy atom. The quantitative estimate of drug-likeness (QED) is 0.765. The van der Waals surface area contributed by atoms with Crippen LogP contribution in [0, 0.1) is 5.92 Å². The Bertz CT molecular complexity index is 486. The Morgan fingerprint density at radius 1 is 1.21 bits per heavy atom. The van der Waals surface area contributed by atoms with Crippen molar-refractivity contribution in [3.8, 4) is 5.75 Å². The van der Waals surface area contributed by atoms with Gasteiger partial charge in [-0.15, -0.1) is 12.4 Å². The van der Waals surface area contributed by atoms with Crippen molar-refractivity contribution in [1.82, 2.24) is 5.32 Å². The molecule has 0 unspecified atom stereocenters. The molecule has 4 rings (SSSR count). The van der Waals surface area contributed by atoms with E-state index in [1.54, 1.807) is 0 Å². The van der Waals surface area contributed by atoms with Gasteiger partial charge in [0.25, 0.3) is 0 Å². The second-order valence-electron chi connectivity index (χ2n) is 6.36. The first kappa shape index (κ1) is 13.3. The number of nitrogens with one attached hydrogen (secondary N) is 1. The number of aromatic hydroxyl groups is 1. The highest BCUT2D eigenvalue weighted by Gasteiger charge is 2.51. The Kier molecular flexibility index (Phi) is 3.26. The minimum atomic E-state index is 0. The summed E-state index contributed by atoms with van der Waals surface area (Å²) in [7, 11) is 0. The third-order valence-corrected chi connectivity index (χ3v) is 5.63. The molecule has 19 heavy (non-hydrogen) atoms. The molecule has 3 atom stereocenters. The molecule has 0 radical (unpaired) electrons. The zero-order valence-corrected chi connectivity index (χ0v) is 12.0. The summed E-state index contributed by atoms with van der Waals surface area (Å²) in [5.74, 6) is 1.25. The van der Waals surface area contributed by atoms with E-state index in [2.05, 4.69) is 17.4 Å². The maximum atomic E-state index is 9.86. The van der Waals surface area contributed by atoms with Crippen LogP contribution in [0.1, 0.15) is 43.2 Å². The molecule has 0 amide bonds. The van der Waals surface area contributed by atoms with E-state index < -0.39 is 0 Å². The topological polar surface area (TPSA) is 32.3 Å². The van der Waals surface area contributed by atoms with Crippen molar-refractivity contribution < 1.29 is 5.11 Å². The van der Waals surface area contributed by atoms with Crippen molar-refractivity contribution >= 4 is 12.4 Å². The zero-order chi connectivity index (χ0) is 12.2. The number of rotatable bonds is 0. The van der Waals surface area contributed by atoms with Crippen LogP contribution in [0.15, 0.2) is 18.2 Å². The molecule has 0 aromatic heterocycles. The average Bonchev–Trinajstić information content (AvgIpc) is 2.40. The van der Waals surface area contributed by atoms with Gasteiger partial charge in [-0.1, -0.05) is 18.9 Å². The number of piperidine rings is 1. The number of phenols is 1. The SMILES string of the molecule is Cl.Oc1ccc2c(c1)[C@@]13CCCC[C@@H]1[C@@H](C2)NCC3. The standard InChI is InChI=1S/C16H21NO.ClH/c18-12-5-4-11-9-15-13-3-1-2-6-16(13,7-8-17-15)14(11)10-12;/h4-5,10,13,15,17-18H,1-3,6-9H2;1H/t13-,15-,16-;/m1./s1. The lowest BCUT2D eigenvalue weighted by atomic mass is 9.53. The van der Waals surface area contributed by atoms with E-state index in [1.165, 1.54) is 43.2 Å². The molecule has 2 aliphatic carbocycles. The van der Waals surface area contributed by atoms with E-state index in [1.807, 2.05) is 6.07 Å². The molecule has 104 valence electrons. The monoisotopic (exact) mass is 279 g/mol. The van der Waals surface area contributed by atoms with Crippen molar-refractivity contribution in [3.05, 3.63) is 29.3 Å². The molecule has 3 aliphatic rings. The number of halogens is 1. The van der Waals surface area contributed by atoms with Gasteiger partial charge in [0.15, 0.2) is 0 Å². The molecule has 0 spiro atoms. The molecule has 1 aromatic carbocycles. The summed E-state index contributed by atoms with van der Waals surface area (Å²) in [6.07, 6.45) is 7.85. The molecule has 1 heterocycles. The van der Waals surface area contributed by atoms with Gasteiger partial charge in [-0.25, -0.2) is 0 Å². The second kappa shape index (κ2) is 4.68. The van der Waals surface area contributed by atoms with Crippen LogP contribution in [-0.4, -0.2) is 17.7 Å². The Morgan fingerprint density at radius 3 is 3.00 bits per heavy atom. The molecule has 1 saturated carbocycles. The summed E-state index contributed by atoms with van der Waals surface area (Å²) < 4.78 is 0. The molecular weight excluding hydrogens is 258 g/mol. The van der Waals surface area contributed by atoms with Crippen LogP contribution in [0.4, 0.5) is 0 Å². The highest BCUT2D eigenvalue weighted by Crippen LogP contribution is 2.54. The van der Waals surface area contributed by atoms with E-state index in [4.69, 9.17) is 0 Å². The van der Waals surface area contributed by atoms with E-state index in [0.29, 0.717) is 17.2 Å². The lowest BCUT2D eigenvalue weighted by Gasteiger charge is -2.56. The largest absolute Gasteiger partial charge is 0.508 e. The van der Waals surface area contributed by atoms with E-state index >= 15 is 0 Å². The van der Waals surface area contributed by atoms with Crippen molar-refractivity contribution in [2.75, 3.05) is 6.54 Å². The van der Waals surface area contributed by atoms with Crippen molar-refractivity contribution in [3.63, 3.8) is 0 Å². The van der Waals surface area contributed by atoms with Gasteiger partial charge in [0.05, 0.1) is 0 Å². The van der Waals surface area contributed by atoms with Crippen LogP contribution in [0.5, 0.6) is 5.75 Å². The molecule has 1 aromatic rings. The van der Waals surface area contributed by atoms with Crippen LogP contribution >= 0.6 is 12.4 Å². The zero-order valence-electron chi connectivity index (χ0n) is 11.2. The summed E-state index contributed by atoms with van der Waals surface area (Å²) in [6, 6.07) is 6.75. The summed E-state index contributed by atoms with van der Waals surface area (Å²) in [5, 5.41) is 13.6. The van der Waals surface area contributed by atoms with Crippen LogP contribution in [-0.2, 0) is 11.8 Å². The van der Waals surface area contributed by atoms with Crippen LogP contribution < -0.4 is 5.32 Å². The molecule has 2 N–H and O–H groups in total. The van der Waals surface area contributed by atoms with Gasteiger partial charge < -0.3 is 10.4 Å². The molecule has 2 bridgehead atoms. The second-order valence-corrected chi connectivity index (χ2v) is 6.36. The minimum Gasteiger partial charge on any atom is -0.508 e.